The van der Waals surface area contributed by atoms with Crippen LogP contribution in [0.2, 0.25) is 0 Å². The third-order valence-corrected chi connectivity index (χ3v) is 7.16. The minimum Gasteiger partial charge on any atom is -0.463 e. The molecule has 1 unspecified atom stereocenters. The molecular formula is C30H30FN3O3. The lowest BCUT2D eigenvalue weighted by Crippen LogP contribution is -2.47. The minimum absolute atomic E-state index is 0.159. The molecule has 2 amide bonds. The molecule has 2 aromatic carbocycles. The third-order valence-electron chi connectivity index (χ3n) is 7.16. The molecule has 0 saturated carbocycles. The van der Waals surface area contributed by atoms with E-state index in [9.17, 15) is 14.0 Å². The van der Waals surface area contributed by atoms with Crippen LogP contribution in [0.1, 0.15) is 58.5 Å². The van der Waals surface area contributed by atoms with Crippen LogP contribution in [0.15, 0.2) is 89.5 Å². The molecule has 2 atom stereocenters. The summed E-state index contributed by atoms with van der Waals surface area (Å²) in [5, 5.41) is 0. The zero-order valence-electron chi connectivity index (χ0n) is 20.9. The molecule has 0 bridgehead atoms. The average molecular weight is 500 g/mol. The number of allylic oxidation sites excluding steroid dienone is 2. The Kier molecular flexibility index (Phi) is 7.04. The van der Waals surface area contributed by atoms with Crippen LogP contribution in [0.25, 0.3) is 0 Å². The maximum Gasteiger partial charge on any atom is 0.288 e. The standard InChI is InChI=1S/C30H30FN3O3/c1-3-8-20-16-18-33(27(24(20)4-2)21-12-14-22(31)15-13-21)30-32-17-7-9-23(19-37-30)34-28(35)25-10-5-6-11-26(25)29(34)36/h3-6,8,10-15,23,27H,2,7,9,16-19H2,1H3/b8-3-,32-30?/t23?,27-/m0/s1. The molecule has 3 aliphatic rings. The van der Waals surface area contributed by atoms with E-state index in [1.807, 2.05) is 19.1 Å². The number of benzene rings is 2. The lowest BCUT2D eigenvalue weighted by Gasteiger charge is -2.40. The summed E-state index contributed by atoms with van der Waals surface area (Å²) in [7, 11) is 0. The lowest BCUT2D eigenvalue weighted by molar-refractivity contribution is 0.0487. The van der Waals surface area contributed by atoms with Gasteiger partial charge in [0.25, 0.3) is 17.8 Å². The molecule has 0 saturated heterocycles. The van der Waals surface area contributed by atoms with E-state index in [-0.39, 0.29) is 36.3 Å². The number of aliphatic imine (C=N–C) groups is 1. The smallest absolute Gasteiger partial charge is 0.288 e. The maximum absolute atomic E-state index is 13.8. The van der Waals surface area contributed by atoms with Gasteiger partial charge in [0.2, 0.25) is 0 Å². The minimum atomic E-state index is -0.389. The summed E-state index contributed by atoms with van der Waals surface area (Å²) >= 11 is 0. The number of carbonyl (C=O) groups is 2. The number of ether oxygens (including phenoxy) is 1. The van der Waals surface area contributed by atoms with Gasteiger partial charge in [-0.15, -0.1) is 0 Å². The SMILES string of the molecule is C=CC1=C(/C=C\C)CCN(C2=NCCCC(N3C(=O)c4ccccc4C3=O)CO2)[C@H]1c1ccc(F)cc1. The first-order valence-corrected chi connectivity index (χ1v) is 12.7. The van der Waals surface area contributed by atoms with Crippen LogP contribution in [0.5, 0.6) is 0 Å². The Morgan fingerprint density at radius 1 is 1.08 bits per heavy atom. The molecule has 0 N–H and O–H groups in total. The Bertz CT molecular complexity index is 1280. The number of amides is 2. The molecule has 0 aliphatic carbocycles. The summed E-state index contributed by atoms with van der Waals surface area (Å²) < 4.78 is 20.1. The molecule has 3 aliphatic heterocycles. The van der Waals surface area contributed by atoms with E-state index in [0.29, 0.717) is 43.1 Å². The Balaban J connectivity index is 1.44. The summed E-state index contributed by atoms with van der Waals surface area (Å²) in [5.74, 6) is -0.848. The summed E-state index contributed by atoms with van der Waals surface area (Å²) in [6, 6.07) is 13.2. The molecule has 37 heavy (non-hydrogen) atoms. The second-order valence-corrected chi connectivity index (χ2v) is 9.38. The molecular weight excluding hydrogens is 469 g/mol. The molecule has 3 heterocycles. The van der Waals surface area contributed by atoms with Crippen LogP contribution in [0.3, 0.4) is 0 Å². The molecule has 0 spiro atoms. The van der Waals surface area contributed by atoms with E-state index in [0.717, 1.165) is 17.6 Å². The van der Waals surface area contributed by atoms with Crippen LogP contribution in [-0.2, 0) is 4.74 Å². The van der Waals surface area contributed by atoms with Gasteiger partial charge in [-0.05, 0) is 67.2 Å². The molecule has 0 fully saturated rings. The van der Waals surface area contributed by atoms with Crippen molar-refractivity contribution in [3.63, 3.8) is 0 Å². The third kappa shape index (κ3) is 4.61. The first kappa shape index (κ1) is 24.7. The van der Waals surface area contributed by atoms with Gasteiger partial charge in [-0.1, -0.05) is 49.1 Å². The van der Waals surface area contributed by atoms with E-state index in [2.05, 4.69) is 17.6 Å². The van der Waals surface area contributed by atoms with Crippen LogP contribution < -0.4 is 0 Å². The monoisotopic (exact) mass is 499 g/mol. The van der Waals surface area contributed by atoms with Crippen LogP contribution in [0.4, 0.5) is 4.39 Å². The van der Waals surface area contributed by atoms with E-state index in [1.165, 1.54) is 22.6 Å². The highest BCUT2D eigenvalue weighted by Gasteiger charge is 2.41. The fourth-order valence-corrected chi connectivity index (χ4v) is 5.41. The Labute approximate surface area is 216 Å². The van der Waals surface area contributed by atoms with E-state index >= 15 is 0 Å². The first-order chi connectivity index (χ1) is 18.0. The second kappa shape index (κ2) is 10.5. The van der Waals surface area contributed by atoms with Crippen molar-refractivity contribution >= 4 is 17.8 Å². The normalized spacial score (nSPS) is 22.5. The van der Waals surface area contributed by atoms with Gasteiger partial charge in [-0.3, -0.25) is 14.5 Å². The maximum atomic E-state index is 13.8. The number of imide groups is 1. The molecule has 190 valence electrons. The number of hydrogen-bond acceptors (Lipinski definition) is 5. The van der Waals surface area contributed by atoms with Gasteiger partial charge in [0.15, 0.2) is 0 Å². The number of rotatable bonds is 4. The fourth-order valence-electron chi connectivity index (χ4n) is 5.41. The zero-order valence-corrected chi connectivity index (χ0v) is 20.9. The molecule has 6 nitrogen and oxygen atoms in total. The van der Waals surface area contributed by atoms with Crippen molar-refractivity contribution in [2.45, 2.75) is 38.3 Å². The Morgan fingerprint density at radius 3 is 2.43 bits per heavy atom. The van der Waals surface area contributed by atoms with Crippen molar-refractivity contribution in [3.05, 3.63) is 107 Å². The summed E-state index contributed by atoms with van der Waals surface area (Å²) in [6.07, 6.45) is 8.05. The highest BCUT2D eigenvalue weighted by atomic mass is 19.1. The van der Waals surface area contributed by atoms with Crippen molar-refractivity contribution in [2.75, 3.05) is 19.7 Å². The summed E-state index contributed by atoms with van der Waals surface area (Å²) in [5.41, 5.74) is 3.96. The average Bonchev–Trinajstić information content (AvgIpc) is 3.15. The summed E-state index contributed by atoms with van der Waals surface area (Å²) in [6.45, 7) is 7.37. The first-order valence-electron chi connectivity index (χ1n) is 12.7. The van der Waals surface area contributed by atoms with Crippen LogP contribution >= 0.6 is 0 Å². The highest BCUT2D eigenvalue weighted by Crippen LogP contribution is 2.38. The zero-order chi connectivity index (χ0) is 25.9. The van der Waals surface area contributed by atoms with Crippen molar-refractivity contribution in [1.29, 1.82) is 0 Å². The summed E-state index contributed by atoms with van der Waals surface area (Å²) in [4.78, 5) is 34.4. The predicted octanol–water partition coefficient (Wildman–Crippen LogP) is 5.46. The number of carbonyl (C=O) groups excluding carboxylic acids is 2. The van der Waals surface area contributed by atoms with Gasteiger partial charge < -0.3 is 9.64 Å². The second-order valence-electron chi connectivity index (χ2n) is 9.38. The number of halogens is 1. The fraction of sp³-hybridized carbons (Fsp3) is 0.300. The van der Waals surface area contributed by atoms with E-state index in [1.54, 1.807) is 36.4 Å². The van der Waals surface area contributed by atoms with Crippen LogP contribution in [-0.4, -0.2) is 53.4 Å². The Morgan fingerprint density at radius 2 is 1.78 bits per heavy atom. The molecule has 0 radical (unpaired) electrons. The largest absolute Gasteiger partial charge is 0.463 e. The number of nitrogens with zero attached hydrogens (tertiary/aromatic N) is 3. The van der Waals surface area contributed by atoms with Gasteiger partial charge in [0.05, 0.1) is 23.2 Å². The van der Waals surface area contributed by atoms with Gasteiger partial charge in [0.1, 0.15) is 12.4 Å². The van der Waals surface area contributed by atoms with Gasteiger partial charge in [-0.25, -0.2) is 9.38 Å². The van der Waals surface area contributed by atoms with Crippen molar-refractivity contribution in [1.82, 2.24) is 9.80 Å². The van der Waals surface area contributed by atoms with Crippen molar-refractivity contribution in [2.24, 2.45) is 4.99 Å². The van der Waals surface area contributed by atoms with Crippen molar-refractivity contribution in [3.8, 4) is 0 Å². The number of amidine groups is 1. The van der Waals surface area contributed by atoms with Gasteiger partial charge in [0, 0.05) is 13.1 Å². The van der Waals surface area contributed by atoms with E-state index in [4.69, 9.17) is 9.73 Å². The Hall–Kier alpha value is -4.00. The van der Waals surface area contributed by atoms with Crippen LogP contribution in [0, 0.1) is 5.82 Å². The van der Waals surface area contributed by atoms with Gasteiger partial charge >= 0.3 is 0 Å². The highest BCUT2D eigenvalue weighted by molar-refractivity contribution is 6.21. The van der Waals surface area contributed by atoms with Crippen molar-refractivity contribution < 1.29 is 18.7 Å². The number of hydrogen-bond donors (Lipinski definition) is 0. The van der Waals surface area contributed by atoms with Gasteiger partial charge in [-0.2, -0.15) is 0 Å². The molecule has 0 aromatic heterocycles. The topological polar surface area (TPSA) is 62.2 Å². The predicted molar refractivity (Wildman–Crippen MR) is 141 cm³/mol. The molecule has 2 aromatic rings. The molecule has 5 rings (SSSR count). The number of fused-ring (bicyclic) bond motifs is 1. The lowest BCUT2D eigenvalue weighted by atomic mass is 9.88. The van der Waals surface area contributed by atoms with E-state index < -0.39 is 0 Å². The molecule has 7 heteroatoms. The quantitative estimate of drug-likeness (QED) is 0.524.